The summed E-state index contributed by atoms with van der Waals surface area (Å²) in [6.45, 7) is 7.33. The lowest BCUT2D eigenvalue weighted by molar-refractivity contribution is -0.141. The van der Waals surface area contributed by atoms with Crippen molar-refractivity contribution < 1.29 is 19.1 Å². The van der Waals surface area contributed by atoms with Crippen LogP contribution in [0.4, 0.5) is 4.79 Å². The van der Waals surface area contributed by atoms with Gasteiger partial charge in [-0.3, -0.25) is 19.5 Å². The van der Waals surface area contributed by atoms with Crippen molar-refractivity contribution in [1.82, 2.24) is 19.6 Å². The Hall–Kier alpha value is -2.16. The number of rotatable bonds is 9. The number of piperazine rings is 1. The van der Waals surface area contributed by atoms with Crippen molar-refractivity contribution in [3.63, 3.8) is 0 Å². The van der Waals surface area contributed by atoms with Gasteiger partial charge in [0.05, 0.1) is 20.1 Å². The zero-order valence-electron chi connectivity index (χ0n) is 20.7. The van der Waals surface area contributed by atoms with E-state index in [-0.39, 0.29) is 18.3 Å². The molecule has 0 N–H and O–H groups in total. The molecule has 8 nitrogen and oxygen atoms in total. The largest absolute Gasteiger partial charge is 0.469 e. The molecule has 34 heavy (non-hydrogen) atoms. The first-order valence-electron chi connectivity index (χ1n) is 12.7. The first-order chi connectivity index (χ1) is 16.5. The number of hydrogen-bond acceptors (Lipinski definition) is 7. The summed E-state index contributed by atoms with van der Waals surface area (Å²) in [6, 6.07) is 11.1. The van der Waals surface area contributed by atoms with Crippen molar-refractivity contribution in [3.8, 4) is 0 Å². The number of esters is 1. The van der Waals surface area contributed by atoms with Crippen LogP contribution in [0.25, 0.3) is 0 Å². The van der Waals surface area contributed by atoms with Crippen molar-refractivity contribution in [2.45, 2.75) is 50.9 Å². The first-order valence-corrected chi connectivity index (χ1v) is 12.7. The summed E-state index contributed by atoms with van der Waals surface area (Å²) in [5.41, 5.74) is 1.39. The molecule has 3 saturated heterocycles. The highest BCUT2D eigenvalue weighted by atomic mass is 16.6. The zero-order valence-corrected chi connectivity index (χ0v) is 20.7. The number of hydrogen-bond donors (Lipinski definition) is 0. The number of likely N-dealkylation sites (N-methyl/N-ethyl adjacent to an activating group) is 1. The molecule has 0 bridgehead atoms. The lowest BCUT2D eigenvalue weighted by atomic mass is 9.89. The number of likely N-dealkylation sites (tertiary alicyclic amines) is 1. The van der Waals surface area contributed by atoms with Gasteiger partial charge in [-0.05, 0) is 50.3 Å². The van der Waals surface area contributed by atoms with Gasteiger partial charge in [-0.1, -0.05) is 30.3 Å². The van der Waals surface area contributed by atoms with Gasteiger partial charge >= 0.3 is 12.1 Å². The van der Waals surface area contributed by atoms with Crippen LogP contribution < -0.4 is 0 Å². The predicted molar refractivity (Wildman–Crippen MR) is 130 cm³/mol. The molecule has 4 rings (SSSR count). The van der Waals surface area contributed by atoms with E-state index in [4.69, 9.17) is 9.47 Å². The molecule has 1 amide bonds. The summed E-state index contributed by atoms with van der Waals surface area (Å²) in [7, 11) is 3.24. The number of methoxy groups -OCH3 is 1. The molecule has 8 heteroatoms. The standard InChI is InChI=1S/C26H40N4O4/c1-27-20-24(34-26(27)32)30-17-16-29(15-12-25(31)33-2)19-23(30)9-8-21-10-13-28(14-11-21)18-22-6-4-3-5-7-22/h3-7,21,23-24H,8-20H2,1-2H3. The highest BCUT2D eigenvalue weighted by Gasteiger charge is 2.39. The Morgan fingerprint density at radius 3 is 2.47 bits per heavy atom. The monoisotopic (exact) mass is 472 g/mol. The van der Waals surface area contributed by atoms with E-state index in [0.29, 0.717) is 19.0 Å². The van der Waals surface area contributed by atoms with E-state index in [2.05, 4.69) is 45.0 Å². The molecule has 0 aliphatic carbocycles. The van der Waals surface area contributed by atoms with Gasteiger partial charge in [-0.25, -0.2) is 4.79 Å². The number of nitrogens with zero attached hydrogens (tertiary/aromatic N) is 4. The van der Waals surface area contributed by atoms with Crippen LogP contribution in [0, 0.1) is 5.92 Å². The zero-order chi connectivity index (χ0) is 23.9. The Balaban J connectivity index is 1.28. The molecule has 0 saturated carbocycles. The fourth-order valence-corrected chi connectivity index (χ4v) is 5.55. The van der Waals surface area contributed by atoms with E-state index in [1.165, 1.54) is 31.9 Å². The van der Waals surface area contributed by atoms with Crippen LogP contribution in [0.5, 0.6) is 0 Å². The van der Waals surface area contributed by atoms with Gasteiger partial charge < -0.3 is 14.4 Å². The number of ether oxygens (including phenoxy) is 2. The van der Waals surface area contributed by atoms with Crippen LogP contribution in [0.1, 0.15) is 37.7 Å². The Morgan fingerprint density at radius 1 is 1.03 bits per heavy atom. The quantitative estimate of drug-likeness (QED) is 0.512. The van der Waals surface area contributed by atoms with E-state index in [9.17, 15) is 9.59 Å². The molecule has 1 aromatic carbocycles. The maximum atomic E-state index is 12.0. The summed E-state index contributed by atoms with van der Waals surface area (Å²) in [5, 5.41) is 0. The fraction of sp³-hybridized carbons (Fsp3) is 0.692. The molecular formula is C26H40N4O4. The lowest BCUT2D eigenvalue weighted by Gasteiger charge is -2.44. The van der Waals surface area contributed by atoms with Crippen molar-refractivity contribution in [1.29, 1.82) is 0 Å². The molecule has 3 aliphatic rings. The summed E-state index contributed by atoms with van der Waals surface area (Å²) in [5.74, 6) is 0.584. The minimum atomic E-state index is -0.234. The third kappa shape index (κ3) is 6.71. The first kappa shape index (κ1) is 24.9. The molecule has 1 aromatic rings. The van der Waals surface area contributed by atoms with Gasteiger partial charge in [0.15, 0.2) is 6.23 Å². The third-order valence-corrected chi connectivity index (χ3v) is 7.68. The van der Waals surface area contributed by atoms with Gasteiger partial charge in [0, 0.05) is 45.8 Å². The number of benzene rings is 1. The van der Waals surface area contributed by atoms with Crippen LogP contribution >= 0.6 is 0 Å². The average Bonchev–Trinajstić information content (AvgIpc) is 3.20. The number of cyclic esters (lactones) is 1. The molecule has 188 valence electrons. The van der Waals surface area contributed by atoms with Crippen LogP contribution in [-0.4, -0.2) is 104 Å². The van der Waals surface area contributed by atoms with E-state index < -0.39 is 0 Å². The molecule has 3 heterocycles. The number of carbonyl (C=O) groups excluding carboxylic acids is 2. The van der Waals surface area contributed by atoms with Gasteiger partial charge in [0.1, 0.15) is 0 Å². The summed E-state index contributed by atoms with van der Waals surface area (Å²) in [4.78, 5) is 32.6. The SMILES string of the molecule is COC(=O)CCN1CCN(C2CN(C)C(=O)O2)C(CCC2CCN(Cc3ccccc3)CC2)C1. The van der Waals surface area contributed by atoms with Crippen LogP contribution in [0.2, 0.25) is 0 Å². The lowest BCUT2D eigenvalue weighted by Crippen LogP contribution is -2.57. The van der Waals surface area contributed by atoms with E-state index in [1.54, 1.807) is 11.9 Å². The highest BCUT2D eigenvalue weighted by molar-refractivity contribution is 5.69. The summed E-state index contributed by atoms with van der Waals surface area (Å²) in [6.07, 6.45) is 4.79. The average molecular weight is 473 g/mol. The number of piperidine rings is 1. The third-order valence-electron chi connectivity index (χ3n) is 7.68. The van der Waals surface area contributed by atoms with Crippen molar-refractivity contribution in [2.75, 3.05) is 60.0 Å². The molecule has 2 atom stereocenters. The highest BCUT2D eigenvalue weighted by Crippen LogP contribution is 2.28. The second-order valence-corrected chi connectivity index (χ2v) is 10.0. The maximum absolute atomic E-state index is 12.0. The second-order valence-electron chi connectivity index (χ2n) is 10.0. The normalized spacial score (nSPS) is 25.5. The predicted octanol–water partition coefficient (Wildman–Crippen LogP) is 2.64. The van der Waals surface area contributed by atoms with E-state index in [0.717, 1.165) is 58.2 Å². The Bertz CT molecular complexity index is 799. The maximum Gasteiger partial charge on any atom is 0.411 e. The smallest absolute Gasteiger partial charge is 0.411 e. The van der Waals surface area contributed by atoms with Gasteiger partial charge in [0.2, 0.25) is 0 Å². The number of carbonyl (C=O) groups is 2. The van der Waals surface area contributed by atoms with Gasteiger partial charge in [-0.2, -0.15) is 0 Å². The molecule has 0 radical (unpaired) electrons. The van der Waals surface area contributed by atoms with Gasteiger partial charge in [-0.15, -0.1) is 0 Å². The van der Waals surface area contributed by atoms with Crippen LogP contribution in [-0.2, 0) is 20.8 Å². The molecule has 0 aromatic heterocycles. The second kappa shape index (κ2) is 12.0. The number of amides is 1. The van der Waals surface area contributed by atoms with Crippen LogP contribution in [0.3, 0.4) is 0 Å². The fourth-order valence-electron chi connectivity index (χ4n) is 5.55. The van der Waals surface area contributed by atoms with Crippen molar-refractivity contribution >= 4 is 12.1 Å². The van der Waals surface area contributed by atoms with Crippen molar-refractivity contribution in [3.05, 3.63) is 35.9 Å². The topological polar surface area (TPSA) is 65.6 Å². The molecule has 0 spiro atoms. The Labute approximate surface area is 203 Å². The van der Waals surface area contributed by atoms with E-state index in [1.807, 2.05) is 0 Å². The Kier molecular flexibility index (Phi) is 8.80. The van der Waals surface area contributed by atoms with Crippen LogP contribution in [0.15, 0.2) is 30.3 Å². The minimum absolute atomic E-state index is 0.160. The molecular weight excluding hydrogens is 432 g/mol. The molecule has 3 aliphatic heterocycles. The summed E-state index contributed by atoms with van der Waals surface area (Å²) >= 11 is 0. The van der Waals surface area contributed by atoms with E-state index >= 15 is 0 Å². The molecule has 3 fully saturated rings. The van der Waals surface area contributed by atoms with Gasteiger partial charge in [0.25, 0.3) is 0 Å². The van der Waals surface area contributed by atoms with Crippen molar-refractivity contribution in [2.24, 2.45) is 5.92 Å². The Morgan fingerprint density at radius 2 is 1.79 bits per heavy atom. The summed E-state index contributed by atoms with van der Waals surface area (Å²) < 4.78 is 10.5. The minimum Gasteiger partial charge on any atom is -0.469 e. The molecule has 2 unspecified atom stereocenters.